The van der Waals surface area contributed by atoms with E-state index in [9.17, 15) is 9.59 Å². The zero-order valence-electron chi connectivity index (χ0n) is 12.3. The predicted molar refractivity (Wildman–Crippen MR) is 78.3 cm³/mol. The third-order valence-corrected chi connectivity index (χ3v) is 3.92. The summed E-state index contributed by atoms with van der Waals surface area (Å²) in [7, 11) is 0. The first-order valence-electron chi connectivity index (χ1n) is 7.33. The molecule has 1 aromatic carbocycles. The van der Waals surface area contributed by atoms with Gasteiger partial charge >= 0.3 is 0 Å². The minimum atomic E-state index is -0.232. The van der Waals surface area contributed by atoms with Crippen LogP contribution in [-0.2, 0) is 14.3 Å². The van der Waals surface area contributed by atoms with E-state index < -0.39 is 0 Å². The van der Waals surface area contributed by atoms with Crippen molar-refractivity contribution in [1.82, 2.24) is 4.90 Å². The lowest BCUT2D eigenvalue weighted by atomic mass is 10.1. The Morgan fingerprint density at radius 2 is 1.76 bits per heavy atom. The molecule has 4 heteroatoms. The van der Waals surface area contributed by atoms with Gasteiger partial charge in [-0.3, -0.25) is 14.5 Å². The van der Waals surface area contributed by atoms with Crippen LogP contribution in [0.2, 0.25) is 0 Å². The molecule has 0 radical (unpaired) electrons. The number of hydrogen-bond acceptors (Lipinski definition) is 3. The lowest BCUT2D eigenvalue weighted by Gasteiger charge is -2.23. The molecule has 0 spiro atoms. The van der Waals surface area contributed by atoms with Crippen LogP contribution in [0.15, 0.2) is 36.4 Å². The molecule has 1 aliphatic heterocycles. The summed E-state index contributed by atoms with van der Waals surface area (Å²) in [6.07, 6.45) is 3.28. The highest BCUT2D eigenvalue weighted by molar-refractivity contribution is 6.13. The lowest BCUT2D eigenvalue weighted by Crippen LogP contribution is -2.33. The zero-order chi connectivity index (χ0) is 15.0. The number of carbonyl (C=O) groups excluding carboxylic acids is 2. The fourth-order valence-electron chi connectivity index (χ4n) is 2.99. The number of carbonyl (C=O) groups is 2. The molecule has 0 unspecified atom stereocenters. The highest BCUT2D eigenvalue weighted by atomic mass is 16.5. The Morgan fingerprint density at radius 1 is 1.14 bits per heavy atom. The zero-order valence-corrected chi connectivity index (χ0v) is 12.3. The van der Waals surface area contributed by atoms with E-state index >= 15 is 0 Å². The van der Waals surface area contributed by atoms with Gasteiger partial charge in [0.1, 0.15) is 0 Å². The van der Waals surface area contributed by atoms with Crippen molar-refractivity contribution in [2.75, 3.05) is 6.61 Å². The summed E-state index contributed by atoms with van der Waals surface area (Å²) in [4.78, 5) is 25.2. The molecule has 0 aromatic heterocycles. The van der Waals surface area contributed by atoms with Crippen molar-refractivity contribution < 1.29 is 14.3 Å². The van der Waals surface area contributed by atoms with E-state index in [4.69, 9.17) is 4.74 Å². The van der Waals surface area contributed by atoms with E-state index in [1.54, 1.807) is 0 Å². The monoisotopic (exact) mass is 285 g/mol. The molecule has 0 fully saturated rings. The van der Waals surface area contributed by atoms with Crippen LogP contribution in [0.5, 0.6) is 0 Å². The van der Waals surface area contributed by atoms with Crippen LogP contribution < -0.4 is 0 Å². The van der Waals surface area contributed by atoms with Crippen molar-refractivity contribution in [3.63, 3.8) is 0 Å². The van der Waals surface area contributed by atoms with Crippen molar-refractivity contribution >= 4 is 11.8 Å². The van der Waals surface area contributed by atoms with Crippen molar-refractivity contribution in [2.45, 2.75) is 32.4 Å². The van der Waals surface area contributed by atoms with Crippen LogP contribution in [-0.4, -0.2) is 23.3 Å². The fraction of sp³-hybridized carbons (Fsp3) is 0.412. The summed E-state index contributed by atoms with van der Waals surface area (Å²) >= 11 is 0. The Hall–Kier alpha value is -1.94. The first-order chi connectivity index (χ1) is 10.1. The van der Waals surface area contributed by atoms with Gasteiger partial charge in [0.25, 0.3) is 11.8 Å². The molecule has 0 saturated carbocycles. The van der Waals surface area contributed by atoms with Gasteiger partial charge < -0.3 is 4.74 Å². The van der Waals surface area contributed by atoms with E-state index in [1.807, 2.05) is 24.3 Å². The Morgan fingerprint density at radius 3 is 2.38 bits per heavy atom. The molecule has 0 bridgehead atoms. The SMILES string of the molecule is CC(C)CO[C@H]1C[C@H](N2C(=O)C=CC2=O)c2ccccc21. The molecular formula is C17H19NO3. The van der Waals surface area contributed by atoms with Crippen molar-refractivity contribution in [3.05, 3.63) is 47.5 Å². The van der Waals surface area contributed by atoms with Crippen molar-refractivity contribution in [2.24, 2.45) is 5.92 Å². The number of hydrogen-bond donors (Lipinski definition) is 0. The number of fused-ring (bicyclic) bond motifs is 1. The fourth-order valence-corrected chi connectivity index (χ4v) is 2.99. The summed E-state index contributed by atoms with van der Waals surface area (Å²) in [5.74, 6) is -0.0124. The van der Waals surface area contributed by atoms with E-state index in [0.29, 0.717) is 18.9 Å². The highest BCUT2D eigenvalue weighted by Gasteiger charge is 2.40. The largest absolute Gasteiger partial charge is 0.373 e. The number of imide groups is 1. The van der Waals surface area contributed by atoms with Gasteiger partial charge in [-0.1, -0.05) is 38.1 Å². The normalized spacial score (nSPS) is 24.2. The maximum absolute atomic E-state index is 11.9. The van der Waals surface area contributed by atoms with Crippen LogP contribution in [0.4, 0.5) is 0 Å². The second-order valence-corrected chi connectivity index (χ2v) is 5.98. The van der Waals surface area contributed by atoms with Gasteiger partial charge in [-0.05, 0) is 17.0 Å². The van der Waals surface area contributed by atoms with Crippen molar-refractivity contribution in [1.29, 1.82) is 0 Å². The number of rotatable bonds is 4. The molecule has 110 valence electrons. The molecule has 3 rings (SSSR count). The van der Waals surface area contributed by atoms with Gasteiger partial charge in [0, 0.05) is 25.2 Å². The smallest absolute Gasteiger partial charge is 0.254 e. The summed E-state index contributed by atoms with van der Waals surface area (Å²) in [5, 5.41) is 0. The molecule has 21 heavy (non-hydrogen) atoms. The van der Waals surface area contributed by atoms with E-state index in [0.717, 1.165) is 11.1 Å². The molecule has 0 saturated heterocycles. The Labute approximate surface area is 124 Å². The lowest BCUT2D eigenvalue weighted by molar-refractivity contribution is -0.140. The van der Waals surface area contributed by atoms with Crippen molar-refractivity contribution in [3.8, 4) is 0 Å². The summed E-state index contributed by atoms with van der Waals surface area (Å²) in [5.41, 5.74) is 2.12. The first-order valence-corrected chi connectivity index (χ1v) is 7.33. The van der Waals surface area contributed by atoms with E-state index in [-0.39, 0.29) is 24.0 Å². The van der Waals surface area contributed by atoms with E-state index in [2.05, 4.69) is 13.8 Å². The van der Waals surface area contributed by atoms with Gasteiger partial charge in [0.05, 0.1) is 12.1 Å². The van der Waals surface area contributed by atoms with Crippen LogP contribution in [0.1, 0.15) is 43.5 Å². The highest BCUT2D eigenvalue weighted by Crippen LogP contribution is 2.44. The Bertz CT molecular complexity index is 588. The first kappa shape index (κ1) is 14.0. The number of ether oxygens (including phenoxy) is 1. The molecule has 1 heterocycles. The van der Waals surface area contributed by atoms with Gasteiger partial charge in [0.2, 0.25) is 0 Å². The van der Waals surface area contributed by atoms with Gasteiger partial charge in [-0.2, -0.15) is 0 Å². The van der Waals surface area contributed by atoms with Gasteiger partial charge in [-0.15, -0.1) is 0 Å². The third-order valence-electron chi connectivity index (χ3n) is 3.92. The third kappa shape index (κ3) is 2.51. The second kappa shape index (κ2) is 5.45. The Kier molecular flexibility index (Phi) is 3.64. The van der Waals surface area contributed by atoms with Gasteiger partial charge in [-0.25, -0.2) is 0 Å². The molecule has 4 nitrogen and oxygen atoms in total. The predicted octanol–water partition coefficient (Wildman–Crippen LogP) is 2.77. The molecule has 2 aliphatic rings. The minimum absolute atomic E-state index is 0.0465. The van der Waals surface area contributed by atoms with Crippen LogP contribution in [0.3, 0.4) is 0 Å². The minimum Gasteiger partial charge on any atom is -0.373 e. The number of benzene rings is 1. The average molecular weight is 285 g/mol. The second-order valence-electron chi connectivity index (χ2n) is 5.98. The van der Waals surface area contributed by atoms with Crippen LogP contribution in [0.25, 0.3) is 0 Å². The maximum Gasteiger partial charge on any atom is 0.254 e. The van der Waals surface area contributed by atoms with Crippen LogP contribution in [0, 0.1) is 5.92 Å². The average Bonchev–Trinajstić information content (AvgIpc) is 2.97. The summed E-state index contributed by atoms with van der Waals surface area (Å²) in [6, 6.07) is 7.71. The molecule has 1 aromatic rings. The van der Waals surface area contributed by atoms with Crippen LogP contribution >= 0.6 is 0 Å². The van der Waals surface area contributed by atoms with Gasteiger partial charge in [0.15, 0.2) is 0 Å². The quantitative estimate of drug-likeness (QED) is 0.799. The topological polar surface area (TPSA) is 46.6 Å². The standard InChI is InChI=1S/C17H19NO3/c1-11(2)10-21-15-9-14(12-5-3-4-6-13(12)15)18-16(19)7-8-17(18)20/h3-8,11,14-15H,9-10H2,1-2H3/t14-,15-/m0/s1. The number of amides is 2. The molecule has 2 amide bonds. The maximum atomic E-state index is 11.9. The molecule has 1 aliphatic carbocycles. The summed E-state index contributed by atoms with van der Waals surface area (Å²) in [6.45, 7) is 4.89. The molecule has 2 atom stereocenters. The molecule has 0 N–H and O–H groups in total. The number of nitrogens with zero attached hydrogens (tertiary/aromatic N) is 1. The Balaban J connectivity index is 1.87. The molecular weight excluding hydrogens is 266 g/mol. The van der Waals surface area contributed by atoms with E-state index in [1.165, 1.54) is 17.1 Å². The summed E-state index contributed by atoms with van der Waals surface area (Å²) < 4.78 is 5.98.